The van der Waals surface area contributed by atoms with Crippen molar-refractivity contribution in [2.75, 3.05) is 11.3 Å². The van der Waals surface area contributed by atoms with Crippen LogP contribution in [0.25, 0.3) is 0 Å². The zero-order chi connectivity index (χ0) is 18.7. The van der Waals surface area contributed by atoms with Crippen LogP contribution in [0.5, 0.6) is 0 Å². The van der Waals surface area contributed by atoms with E-state index in [4.69, 9.17) is 16.4 Å². The molecule has 0 unspecified atom stereocenters. The minimum absolute atomic E-state index is 0.117. The van der Waals surface area contributed by atoms with Gasteiger partial charge >= 0.3 is 15.5 Å². The van der Waals surface area contributed by atoms with Crippen LogP contribution in [0.4, 0.5) is 18.9 Å². The first-order valence-electron chi connectivity index (χ1n) is 7.66. The Hall–Kier alpha value is -1.48. The van der Waals surface area contributed by atoms with E-state index in [9.17, 15) is 21.6 Å². The van der Waals surface area contributed by atoms with Crippen molar-refractivity contribution < 1.29 is 26.4 Å². The number of nitrogens with one attached hydrogen (secondary N) is 1. The first-order valence-corrected chi connectivity index (χ1v) is 9.52. The van der Waals surface area contributed by atoms with Crippen LogP contribution in [-0.4, -0.2) is 26.2 Å². The number of hydrogen-bond acceptors (Lipinski definition) is 4. The molecule has 0 saturated heterocycles. The molecule has 0 heterocycles. The molecule has 0 amide bonds. The zero-order valence-electron chi connectivity index (χ0n) is 13.4. The van der Waals surface area contributed by atoms with Crippen molar-refractivity contribution in [3.8, 4) is 0 Å². The zero-order valence-corrected chi connectivity index (χ0v) is 15.0. The van der Waals surface area contributed by atoms with Gasteiger partial charge in [-0.3, -0.25) is 4.72 Å². The Bertz CT molecular complexity index is 745. The van der Waals surface area contributed by atoms with E-state index in [1.807, 2.05) is 0 Å². The van der Waals surface area contributed by atoms with Gasteiger partial charge < -0.3 is 4.84 Å². The molecule has 1 aromatic rings. The fraction of sp³-hybridized carbons (Fsp3) is 0.533. The van der Waals surface area contributed by atoms with Crippen LogP contribution in [0.3, 0.4) is 0 Å². The lowest BCUT2D eigenvalue weighted by atomic mass is 10.1. The summed E-state index contributed by atoms with van der Waals surface area (Å²) in [6.07, 6.45) is 4.41. The molecule has 1 fully saturated rings. The van der Waals surface area contributed by atoms with Crippen LogP contribution in [0.15, 0.2) is 23.4 Å². The van der Waals surface area contributed by atoms with E-state index in [0.29, 0.717) is 12.5 Å². The number of oxime groups is 1. The van der Waals surface area contributed by atoms with Gasteiger partial charge in [-0.1, -0.05) is 29.6 Å². The van der Waals surface area contributed by atoms with Crippen molar-refractivity contribution in [1.82, 2.24) is 0 Å². The van der Waals surface area contributed by atoms with E-state index in [0.717, 1.165) is 31.7 Å². The third-order valence-electron chi connectivity index (χ3n) is 3.91. The van der Waals surface area contributed by atoms with Crippen LogP contribution < -0.4 is 4.72 Å². The molecule has 0 aliphatic heterocycles. The van der Waals surface area contributed by atoms with E-state index in [-0.39, 0.29) is 22.0 Å². The lowest BCUT2D eigenvalue weighted by Gasteiger charge is -2.14. The molecular formula is C15H18ClF3N2O3S. The van der Waals surface area contributed by atoms with E-state index < -0.39 is 15.5 Å². The maximum atomic E-state index is 12.6. The lowest BCUT2D eigenvalue weighted by molar-refractivity contribution is -0.0429. The highest BCUT2D eigenvalue weighted by Crippen LogP contribution is 2.29. The number of alkyl halides is 3. The lowest BCUT2D eigenvalue weighted by Crippen LogP contribution is -2.30. The first-order chi connectivity index (χ1) is 11.6. The molecule has 0 bridgehead atoms. The second kappa shape index (κ2) is 7.82. The number of sulfonamides is 1. The summed E-state index contributed by atoms with van der Waals surface area (Å²) in [4.78, 5) is 5.27. The summed E-state index contributed by atoms with van der Waals surface area (Å²) in [5.74, 6) is 0.416. The maximum absolute atomic E-state index is 12.6. The molecule has 5 nitrogen and oxygen atoms in total. The van der Waals surface area contributed by atoms with E-state index in [1.165, 1.54) is 23.8 Å². The molecule has 140 valence electrons. The molecule has 1 N–H and O–H groups in total. The largest absolute Gasteiger partial charge is 0.516 e. The quantitative estimate of drug-likeness (QED) is 0.565. The number of benzene rings is 1. The summed E-state index contributed by atoms with van der Waals surface area (Å²) in [6, 6.07) is 3.76. The van der Waals surface area contributed by atoms with Crippen molar-refractivity contribution in [3.05, 3.63) is 28.8 Å². The molecule has 0 spiro atoms. The van der Waals surface area contributed by atoms with Crippen molar-refractivity contribution in [2.24, 2.45) is 11.1 Å². The second-order valence-corrected chi connectivity index (χ2v) is 7.97. The smallest absolute Gasteiger partial charge is 0.395 e. The number of hydrogen-bond donors (Lipinski definition) is 1. The van der Waals surface area contributed by atoms with Gasteiger partial charge in [0, 0.05) is 10.6 Å². The van der Waals surface area contributed by atoms with Crippen molar-refractivity contribution >= 4 is 33.0 Å². The Morgan fingerprint density at radius 1 is 1.36 bits per heavy atom. The van der Waals surface area contributed by atoms with Crippen LogP contribution in [-0.2, 0) is 14.9 Å². The number of nitrogens with zero attached hydrogens (tertiary/aromatic N) is 1. The standard InChI is InChI=1S/C15H18ClF3N2O3S/c1-10(20-24-9-11-4-2-3-5-11)13-8-12(16)6-7-14(13)21-25(22,23)15(17,18)19/h6-8,11,21H,2-5,9H2,1H3. The molecule has 2 rings (SSSR count). The highest BCUT2D eigenvalue weighted by Gasteiger charge is 2.46. The minimum Gasteiger partial charge on any atom is -0.395 e. The van der Waals surface area contributed by atoms with Gasteiger partial charge in [0.2, 0.25) is 0 Å². The molecule has 0 radical (unpaired) electrons. The average molecular weight is 399 g/mol. The third-order valence-corrected chi connectivity index (χ3v) is 5.24. The maximum Gasteiger partial charge on any atom is 0.516 e. The fourth-order valence-corrected chi connectivity index (χ4v) is 3.33. The van der Waals surface area contributed by atoms with Crippen LogP contribution in [0, 0.1) is 5.92 Å². The Kier molecular flexibility index (Phi) is 6.21. The molecular weight excluding hydrogens is 381 g/mol. The molecule has 0 atom stereocenters. The topological polar surface area (TPSA) is 67.8 Å². The van der Waals surface area contributed by atoms with Gasteiger partial charge in [-0.2, -0.15) is 21.6 Å². The summed E-state index contributed by atoms with van der Waals surface area (Å²) in [5, 5.41) is 4.13. The first kappa shape index (κ1) is 19.8. The molecule has 10 heteroatoms. The number of rotatable bonds is 6. The molecule has 0 aromatic heterocycles. The monoisotopic (exact) mass is 398 g/mol. The van der Waals surface area contributed by atoms with Gasteiger partial charge in [-0.25, -0.2) is 0 Å². The predicted octanol–water partition coefficient (Wildman–Crippen LogP) is 4.53. The molecule has 1 saturated carbocycles. The molecule has 1 aliphatic rings. The molecule has 1 aromatic carbocycles. The molecule has 1 aliphatic carbocycles. The summed E-state index contributed by atoms with van der Waals surface area (Å²) in [5.41, 5.74) is -5.35. The van der Waals surface area contributed by atoms with Gasteiger partial charge in [0.15, 0.2) is 0 Å². The van der Waals surface area contributed by atoms with Gasteiger partial charge in [0.1, 0.15) is 6.61 Å². The Labute approximate surface area is 149 Å². The van der Waals surface area contributed by atoms with Gasteiger partial charge in [-0.05, 0) is 43.9 Å². The minimum atomic E-state index is -5.54. The normalized spacial score (nSPS) is 16.9. The molecule has 25 heavy (non-hydrogen) atoms. The van der Waals surface area contributed by atoms with E-state index in [2.05, 4.69) is 5.16 Å². The summed E-state index contributed by atoms with van der Waals surface area (Å²) < 4.78 is 61.9. The SMILES string of the molecule is CC(=NOCC1CCCC1)c1cc(Cl)ccc1NS(=O)(=O)C(F)(F)F. The Balaban J connectivity index is 2.19. The summed E-state index contributed by atoms with van der Waals surface area (Å²) >= 11 is 5.86. The number of anilines is 1. The van der Waals surface area contributed by atoms with Gasteiger partial charge in [0.25, 0.3) is 0 Å². The number of halogens is 4. The Morgan fingerprint density at radius 3 is 2.60 bits per heavy atom. The Morgan fingerprint density at radius 2 is 2.00 bits per heavy atom. The third kappa shape index (κ3) is 5.24. The van der Waals surface area contributed by atoms with Crippen molar-refractivity contribution in [2.45, 2.75) is 38.1 Å². The summed E-state index contributed by atoms with van der Waals surface area (Å²) in [6.45, 7) is 1.92. The van der Waals surface area contributed by atoms with E-state index >= 15 is 0 Å². The van der Waals surface area contributed by atoms with Gasteiger partial charge in [-0.15, -0.1) is 0 Å². The van der Waals surface area contributed by atoms with Crippen LogP contribution in [0.1, 0.15) is 38.2 Å². The predicted molar refractivity (Wildman–Crippen MR) is 90.2 cm³/mol. The highest BCUT2D eigenvalue weighted by atomic mass is 35.5. The van der Waals surface area contributed by atoms with Crippen molar-refractivity contribution in [3.63, 3.8) is 0 Å². The van der Waals surface area contributed by atoms with Crippen LogP contribution in [0.2, 0.25) is 5.02 Å². The van der Waals surface area contributed by atoms with E-state index in [1.54, 1.807) is 0 Å². The highest BCUT2D eigenvalue weighted by molar-refractivity contribution is 7.93. The summed E-state index contributed by atoms with van der Waals surface area (Å²) in [7, 11) is -5.54. The van der Waals surface area contributed by atoms with Crippen molar-refractivity contribution in [1.29, 1.82) is 0 Å². The van der Waals surface area contributed by atoms with Gasteiger partial charge in [0.05, 0.1) is 11.4 Å². The van der Waals surface area contributed by atoms with Crippen LogP contribution >= 0.6 is 11.6 Å². The average Bonchev–Trinajstić information content (AvgIpc) is 3.01. The second-order valence-electron chi connectivity index (χ2n) is 5.86. The fourth-order valence-electron chi connectivity index (χ4n) is 2.57.